The first-order chi connectivity index (χ1) is 8.88. The van der Waals surface area contributed by atoms with Crippen LogP contribution in [0.5, 0.6) is 0 Å². The molecule has 106 valence electrons. The first-order valence-electron chi connectivity index (χ1n) is 6.16. The molecule has 6 heteroatoms. The summed E-state index contributed by atoms with van der Waals surface area (Å²) in [4.78, 5) is 4.15. The summed E-state index contributed by atoms with van der Waals surface area (Å²) in [6.45, 7) is 1.38. The minimum Gasteiger partial charge on any atom is -0.497 e. The van der Waals surface area contributed by atoms with Crippen LogP contribution in [0.1, 0.15) is 18.6 Å². The predicted octanol–water partition coefficient (Wildman–Crippen LogP) is 2.26. The van der Waals surface area contributed by atoms with Gasteiger partial charge in [-0.3, -0.25) is 4.99 Å². The molecule has 0 bridgehead atoms. The van der Waals surface area contributed by atoms with Crippen LogP contribution in [0.25, 0.3) is 0 Å². The van der Waals surface area contributed by atoms with E-state index in [-0.39, 0.29) is 30.1 Å². The molecule has 1 atom stereocenters. The van der Waals surface area contributed by atoms with Gasteiger partial charge < -0.3 is 19.8 Å². The van der Waals surface area contributed by atoms with Gasteiger partial charge in [-0.1, -0.05) is 0 Å². The van der Waals surface area contributed by atoms with E-state index in [4.69, 9.17) is 9.15 Å². The Morgan fingerprint density at radius 2 is 2.37 bits per heavy atom. The molecule has 0 fully saturated rings. The van der Waals surface area contributed by atoms with Crippen molar-refractivity contribution in [2.24, 2.45) is 4.99 Å². The van der Waals surface area contributed by atoms with Gasteiger partial charge in [0, 0.05) is 7.05 Å². The number of guanidine groups is 1. The molecule has 1 unspecified atom stereocenters. The lowest BCUT2D eigenvalue weighted by Gasteiger charge is -2.21. The Labute approximate surface area is 130 Å². The van der Waals surface area contributed by atoms with E-state index in [0.29, 0.717) is 6.54 Å². The zero-order chi connectivity index (χ0) is 12.6. The number of aliphatic imine (C=N–C) groups is 1. The Kier molecular flexibility index (Phi) is 7.39. The van der Waals surface area contributed by atoms with Gasteiger partial charge in [0.1, 0.15) is 11.9 Å². The van der Waals surface area contributed by atoms with E-state index >= 15 is 0 Å². The summed E-state index contributed by atoms with van der Waals surface area (Å²) < 4.78 is 10.7. The van der Waals surface area contributed by atoms with Gasteiger partial charge in [-0.25, -0.2) is 0 Å². The van der Waals surface area contributed by atoms with E-state index in [2.05, 4.69) is 15.6 Å². The molecular weight excluding hydrogens is 357 g/mol. The number of hydrogen-bond acceptors (Lipinski definition) is 3. The summed E-state index contributed by atoms with van der Waals surface area (Å²) in [6, 6.07) is 3.80. The molecule has 0 aromatic carbocycles. The lowest BCUT2D eigenvalue weighted by molar-refractivity contribution is 0.127. The fourth-order valence-corrected chi connectivity index (χ4v) is 1.75. The normalized spacial score (nSPS) is 18.4. The number of halogens is 1. The van der Waals surface area contributed by atoms with E-state index in [0.717, 1.165) is 31.1 Å². The molecule has 2 N–H and O–H groups in total. The maximum Gasteiger partial charge on any atom is 0.191 e. The number of rotatable bonds is 4. The molecule has 1 aromatic heterocycles. The zero-order valence-electron chi connectivity index (χ0n) is 11.0. The van der Waals surface area contributed by atoms with Crippen LogP contribution in [-0.2, 0) is 11.3 Å². The Morgan fingerprint density at radius 3 is 3.00 bits per heavy atom. The highest BCUT2D eigenvalue weighted by Gasteiger charge is 2.11. The molecule has 1 aliphatic heterocycles. The fraction of sp³-hybridized carbons (Fsp3) is 0.462. The average molecular weight is 377 g/mol. The summed E-state index contributed by atoms with van der Waals surface area (Å²) in [7, 11) is 1.75. The Morgan fingerprint density at radius 1 is 1.47 bits per heavy atom. The summed E-state index contributed by atoms with van der Waals surface area (Å²) in [5, 5.41) is 6.42. The highest BCUT2D eigenvalue weighted by atomic mass is 127. The third kappa shape index (κ3) is 5.54. The number of allylic oxidation sites excluding steroid dienone is 1. The number of ether oxygens (including phenoxy) is 1. The second-order valence-electron chi connectivity index (χ2n) is 4.09. The van der Waals surface area contributed by atoms with Gasteiger partial charge in [-0.2, -0.15) is 0 Å². The van der Waals surface area contributed by atoms with Crippen molar-refractivity contribution in [3.05, 3.63) is 36.5 Å². The van der Waals surface area contributed by atoms with E-state index < -0.39 is 0 Å². The average Bonchev–Trinajstić information content (AvgIpc) is 2.93. The van der Waals surface area contributed by atoms with Gasteiger partial charge in [-0.05, 0) is 31.1 Å². The highest BCUT2D eigenvalue weighted by molar-refractivity contribution is 14.0. The van der Waals surface area contributed by atoms with Crippen molar-refractivity contribution in [1.29, 1.82) is 0 Å². The van der Waals surface area contributed by atoms with Gasteiger partial charge in [-0.15, -0.1) is 24.0 Å². The SMILES string of the molecule is CN=C(NCc1ccco1)NCC1CCC=CO1.I. The molecular formula is C13H20IN3O2. The third-order valence-corrected chi connectivity index (χ3v) is 2.75. The van der Waals surface area contributed by atoms with Crippen molar-refractivity contribution in [2.75, 3.05) is 13.6 Å². The monoisotopic (exact) mass is 377 g/mol. The molecule has 2 rings (SSSR count). The minimum atomic E-state index is 0. The zero-order valence-corrected chi connectivity index (χ0v) is 13.3. The second-order valence-corrected chi connectivity index (χ2v) is 4.09. The van der Waals surface area contributed by atoms with Gasteiger partial charge in [0.15, 0.2) is 5.96 Å². The van der Waals surface area contributed by atoms with Crippen LogP contribution < -0.4 is 10.6 Å². The van der Waals surface area contributed by atoms with Crippen LogP contribution in [0.4, 0.5) is 0 Å². The van der Waals surface area contributed by atoms with Crippen LogP contribution in [0.15, 0.2) is 40.1 Å². The molecule has 0 saturated carbocycles. The van der Waals surface area contributed by atoms with Gasteiger partial charge in [0.25, 0.3) is 0 Å². The summed E-state index contributed by atoms with van der Waals surface area (Å²) in [5.74, 6) is 1.64. The Balaban J connectivity index is 0.00000180. The van der Waals surface area contributed by atoms with Crippen molar-refractivity contribution in [3.63, 3.8) is 0 Å². The van der Waals surface area contributed by atoms with Crippen molar-refractivity contribution in [2.45, 2.75) is 25.5 Å². The molecule has 5 nitrogen and oxygen atoms in total. The largest absolute Gasteiger partial charge is 0.497 e. The van der Waals surface area contributed by atoms with Crippen molar-refractivity contribution < 1.29 is 9.15 Å². The highest BCUT2D eigenvalue weighted by Crippen LogP contribution is 2.08. The van der Waals surface area contributed by atoms with Crippen LogP contribution >= 0.6 is 24.0 Å². The standard InChI is InChI=1S/C13H19N3O2.HI/c1-14-13(16-10-12-6-4-8-18-12)15-9-11-5-2-3-7-17-11;/h3-4,6-8,11H,2,5,9-10H2,1H3,(H2,14,15,16);1H. The lowest BCUT2D eigenvalue weighted by atomic mass is 10.1. The van der Waals surface area contributed by atoms with Gasteiger partial charge in [0.05, 0.1) is 25.6 Å². The Hall–Kier alpha value is -1.18. The van der Waals surface area contributed by atoms with E-state index in [1.165, 1.54) is 0 Å². The number of nitrogens with zero attached hydrogens (tertiary/aromatic N) is 1. The van der Waals surface area contributed by atoms with Crippen molar-refractivity contribution in [3.8, 4) is 0 Å². The number of hydrogen-bond donors (Lipinski definition) is 2. The topological polar surface area (TPSA) is 58.8 Å². The summed E-state index contributed by atoms with van der Waals surface area (Å²) in [5.41, 5.74) is 0. The molecule has 1 aromatic rings. The smallest absolute Gasteiger partial charge is 0.191 e. The van der Waals surface area contributed by atoms with Crippen LogP contribution in [0.2, 0.25) is 0 Å². The number of nitrogens with one attached hydrogen (secondary N) is 2. The maximum absolute atomic E-state index is 5.48. The molecule has 0 radical (unpaired) electrons. The molecule has 2 heterocycles. The van der Waals surface area contributed by atoms with Gasteiger partial charge >= 0.3 is 0 Å². The summed E-state index contributed by atoms with van der Waals surface area (Å²) in [6.07, 6.45) is 7.81. The second kappa shape index (κ2) is 8.84. The van der Waals surface area contributed by atoms with E-state index in [9.17, 15) is 0 Å². The van der Waals surface area contributed by atoms with E-state index in [1.807, 2.05) is 18.2 Å². The predicted molar refractivity (Wildman–Crippen MR) is 85.6 cm³/mol. The molecule has 0 saturated heterocycles. The lowest BCUT2D eigenvalue weighted by Crippen LogP contribution is -2.41. The van der Waals surface area contributed by atoms with Gasteiger partial charge in [0.2, 0.25) is 0 Å². The third-order valence-electron chi connectivity index (χ3n) is 2.75. The van der Waals surface area contributed by atoms with Crippen LogP contribution in [0, 0.1) is 0 Å². The summed E-state index contributed by atoms with van der Waals surface area (Å²) >= 11 is 0. The first kappa shape index (κ1) is 15.9. The van der Waals surface area contributed by atoms with Crippen LogP contribution in [0.3, 0.4) is 0 Å². The molecule has 1 aliphatic rings. The first-order valence-corrected chi connectivity index (χ1v) is 6.16. The maximum atomic E-state index is 5.48. The van der Waals surface area contributed by atoms with E-state index in [1.54, 1.807) is 19.6 Å². The van der Waals surface area contributed by atoms with Crippen molar-refractivity contribution in [1.82, 2.24) is 10.6 Å². The molecule has 0 aliphatic carbocycles. The fourth-order valence-electron chi connectivity index (χ4n) is 1.75. The molecule has 0 amide bonds. The number of furan rings is 1. The Bertz CT molecular complexity index is 404. The molecule has 19 heavy (non-hydrogen) atoms. The molecule has 0 spiro atoms. The van der Waals surface area contributed by atoms with Crippen molar-refractivity contribution >= 4 is 29.9 Å². The van der Waals surface area contributed by atoms with Crippen LogP contribution in [-0.4, -0.2) is 25.7 Å². The quantitative estimate of drug-likeness (QED) is 0.480. The minimum absolute atomic E-state index is 0.